The molecule has 1 aliphatic rings. The third kappa shape index (κ3) is 3.32. The zero-order chi connectivity index (χ0) is 22.4. The quantitative estimate of drug-likeness (QED) is 0.367. The monoisotopic (exact) mass is 434 g/mol. The van der Waals surface area contributed by atoms with E-state index in [-0.39, 0.29) is 17.6 Å². The van der Waals surface area contributed by atoms with Crippen molar-refractivity contribution in [2.75, 3.05) is 0 Å². The van der Waals surface area contributed by atoms with Gasteiger partial charge in [0.15, 0.2) is 5.69 Å². The maximum Gasteiger partial charge on any atom is 0.273 e. The van der Waals surface area contributed by atoms with Crippen LogP contribution in [0.25, 0.3) is 22.0 Å². The van der Waals surface area contributed by atoms with Gasteiger partial charge < -0.3 is 20.5 Å². The van der Waals surface area contributed by atoms with Gasteiger partial charge in [-0.25, -0.2) is 4.98 Å². The van der Waals surface area contributed by atoms with Gasteiger partial charge >= 0.3 is 0 Å². The van der Waals surface area contributed by atoms with Gasteiger partial charge in [-0.05, 0) is 40.3 Å². The number of fused-ring (bicyclic) bond motifs is 4. The number of nitrogens with one attached hydrogen (secondary N) is 2. The van der Waals surface area contributed by atoms with E-state index in [0.717, 1.165) is 38.7 Å². The lowest BCUT2D eigenvalue weighted by atomic mass is 10.1. The maximum atomic E-state index is 13.1. The highest BCUT2D eigenvalue weighted by molar-refractivity contribution is 5.93. The molecule has 162 valence electrons. The van der Waals surface area contributed by atoms with E-state index in [4.69, 9.17) is 10.2 Å². The van der Waals surface area contributed by atoms with Crippen LogP contribution in [0.4, 0.5) is 0 Å². The number of nitrogens with zero attached hydrogens (tertiary/aromatic N) is 1. The molecule has 3 aromatic carbocycles. The summed E-state index contributed by atoms with van der Waals surface area (Å²) < 4.78 is 5.60. The van der Waals surface area contributed by atoms with E-state index in [2.05, 4.69) is 33.5 Å². The van der Waals surface area contributed by atoms with Gasteiger partial charge in [-0.3, -0.25) is 4.79 Å². The molecule has 6 heteroatoms. The van der Waals surface area contributed by atoms with Crippen LogP contribution in [0.15, 0.2) is 89.7 Å². The number of aromatic amines is 1. The molecule has 1 unspecified atom stereocenters. The normalized spacial score (nSPS) is 13.6. The van der Waals surface area contributed by atoms with Crippen molar-refractivity contribution in [1.29, 1.82) is 0 Å². The minimum absolute atomic E-state index is 0.223. The van der Waals surface area contributed by atoms with E-state index in [1.807, 2.05) is 60.8 Å². The Morgan fingerprint density at radius 2 is 1.67 bits per heavy atom. The van der Waals surface area contributed by atoms with Crippen LogP contribution in [0.1, 0.15) is 45.2 Å². The second-order valence-electron chi connectivity index (χ2n) is 8.32. The van der Waals surface area contributed by atoms with Gasteiger partial charge in [0.1, 0.15) is 6.26 Å². The molecule has 1 amide bonds. The van der Waals surface area contributed by atoms with Crippen molar-refractivity contribution in [2.45, 2.75) is 18.5 Å². The maximum absolute atomic E-state index is 13.1. The topological polar surface area (TPSA) is 96.9 Å². The molecule has 0 saturated carbocycles. The summed E-state index contributed by atoms with van der Waals surface area (Å²) in [6, 6.07) is 23.6. The second-order valence-corrected chi connectivity index (χ2v) is 8.32. The number of rotatable bonds is 5. The van der Waals surface area contributed by atoms with Crippen LogP contribution in [0.2, 0.25) is 0 Å². The number of benzene rings is 3. The fourth-order valence-electron chi connectivity index (χ4n) is 4.70. The Bertz CT molecular complexity index is 1440. The minimum atomic E-state index is -0.460. The molecule has 1 atom stereocenters. The van der Waals surface area contributed by atoms with Gasteiger partial charge in [-0.15, -0.1) is 0 Å². The van der Waals surface area contributed by atoms with Crippen molar-refractivity contribution in [3.05, 3.63) is 114 Å². The Labute approximate surface area is 190 Å². The molecule has 0 aliphatic heterocycles. The summed E-state index contributed by atoms with van der Waals surface area (Å²) in [7, 11) is 0. The number of para-hydroxylation sites is 1. The molecule has 6 nitrogen and oxygen atoms in total. The van der Waals surface area contributed by atoms with Crippen molar-refractivity contribution < 1.29 is 9.21 Å². The Balaban J connectivity index is 1.22. The first-order chi connectivity index (χ1) is 16.2. The van der Waals surface area contributed by atoms with Gasteiger partial charge in [-0.2, -0.15) is 0 Å². The summed E-state index contributed by atoms with van der Waals surface area (Å²) in [5.41, 5.74) is 13.2. The van der Waals surface area contributed by atoms with E-state index >= 15 is 0 Å². The van der Waals surface area contributed by atoms with Crippen LogP contribution in [-0.4, -0.2) is 15.9 Å². The highest BCUT2D eigenvalue weighted by Gasteiger charge is 2.30. The van der Waals surface area contributed by atoms with Crippen LogP contribution in [-0.2, 0) is 6.42 Å². The van der Waals surface area contributed by atoms with Crippen molar-refractivity contribution in [2.24, 2.45) is 5.73 Å². The molecule has 0 bridgehead atoms. The Morgan fingerprint density at radius 1 is 1.00 bits per heavy atom. The van der Waals surface area contributed by atoms with E-state index in [1.165, 1.54) is 6.26 Å². The largest absolute Gasteiger partial charge is 0.446 e. The van der Waals surface area contributed by atoms with Crippen LogP contribution >= 0.6 is 0 Å². The minimum Gasteiger partial charge on any atom is -0.446 e. The zero-order valence-corrected chi connectivity index (χ0v) is 17.8. The molecule has 0 spiro atoms. The van der Waals surface area contributed by atoms with Gasteiger partial charge in [-0.1, -0.05) is 66.7 Å². The lowest BCUT2D eigenvalue weighted by Gasteiger charge is -2.15. The van der Waals surface area contributed by atoms with E-state index in [9.17, 15) is 4.79 Å². The molecule has 0 radical (unpaired) electrons. The van der Waals surface area contributed by atoms with E-state index in [0.29, 0.717) is 12.3 Å². The molecule has 33 heavy (non-hydrogen) atoms. The van der Waals surface area contributed by atoms with Gasteiger partial charge in [0.2, 0.25) is 5.89 Å². The van der Waals surface area contributed by atoms with Gasteiger partial charge in [0.25, 0.3) is 5.91 Å². The van der Waals surface area contributed by atoms with Crippen LogP contribution in [0.5, 0.6) is 0 Å². The first-order valence-corrected chi connectivity index (χ1v) is 10.9. The molecule has 5 aromatic rings. The summed E-state index contributed by atoms with van der Waals surface area (Å²) in [6.07, 6.45) is 3.89. The number of oxazole rings is 1. The molecule has 2 aromatic heterocycles. The first-order valence-electron chi connectivity index (χ1n) is 10.9. The SMILES string of the molecule is NC(Cc1c[nH]c2ccccc12)c1nc(C(=O)NC2c3ccccc3-c3ccccc32)co1. The third-order valence-corrected chi connectivity index (χ3v) is 6.30. The third-order valence-electron chi connectivity index (χ3n) is 6.30. The Hall–Kier alpha value is -4.16. The number of aromatic nitrogens is 2. The molecular weight excluding hydrogens is 412 g/mol. The molecule has 1 aliphatic carbocycles. The van der Waals surface area contributed by atoms with Gasteiger partial charge in [0, 0.05) is 17.1 Å². The fraction of sp³-hybridized carbons (Fsp3) is 0.111. The Morgan fingerprint density at radius 3 is 2.42 bits per heavy atom. The molecule has 0 fully saturated rings. The molecule has 6 rings (SSSR count). The van der Waals surface area contributed by atoms with Crippen molar-refractivity contribution in [1.82, 2.24) is 15.3 Å². The summed E-state index contributed by atoms with van der Waals surface area (Å²) in [5.74, 6) is 0.0541. The van der Waals surface area contributed by atoms with Gasteiger partial charge in [0.05, 0.1) is 12.1 Å². The van der Waals surface area contributed by atoms with Crippen molar-refractivity contribution in [3.63, 3.8) is 0 Å². The Kier molecular flexibility index (Phi) is 4.59. The highest BCUT2D eigenvalue weighted by Crippen LogP contribution is 2.43. The van der Waals surface area contributed by atoms with Crippen molar-refractivity contribution >= 4 is 16.8 Å². The molecular formula is C27H22N4O2. The van der Waals surface area contributed by atoms with Crippen LogP contribution in [0, 0.1) is 0 Å². The zero-order valence-electron chi connectivity index (χ0n) is 17.8. The number of amides is 1. The summed E-state index contributed by atoms with van der Waals surface area (Å²) in [6.45, 7) is 0. The first kappa shape index (κ1) is 19.5. The predicted molar refractivity (Wildman–Crippen MR) is 127 cm³/mol. The van der Waals surface area contributed by atoms with E-state index in [1.54, 1.807) is 0 Å². The number of carbonyl (C=O) groups is 1. The average molecular weight is 434 g/mol. The summed E-state index contributed by atoms with van der Waals surface area (Å²) in [4.78, 5) is 20.7. The number of H-pyrrole nitrogens is 1. The molecule has 0 saturated heterocycles. The summed E-state index contributed by atoms with van der Waals surface area (Å²) >= 11 is 0. The van der Waals surface area contributed by atoms with Crippen molar-refractivity contribution in [3.8, 4) is 11.1 Å². The predicted octanol–water partition coefficient (Wildman–Crippen LogP) is 4.90. The van der Waals surface area contributed by atoms with Crippen LogP contribution in [0.3, 0.4) is 0 Å². The fourth-order valence-corrected chi connectivity index (χ4v) is 4.70. The molecule has 4 N–H and O–H groups in total. The molecule has 2 heterocycles. The smallest absolute Gasteiger partial charge is 0.273 e. The van der Waals surface area contributed by atoms with E-state index < -0.39 is 6.04 Å². The number of nitrogens with two attached hydrogens (primary N) is 1. The number of carbonyl (C=O) groups excluding carboxylic acids is 1. The average Bonchev–Trinajstić information content (AvgIpc) is 3.57. The standard InChI is InChI=1S/C27H22N4O2/c28-22(13-16-14-29-23-12-6-5-7-17(16)23)27-30-24(15-33-27)26(32)31-25-20-10-3-1-8-18(20)19-9-2-4-11-21(19)25/h1-12,14-15,22,25,29H,13,28H2,(H,31,32). The lowest BCUT2D eigenvalue weighted by Crippen LogP contribution is -2.28. The van der Waals surface area contributed by atoms with Crippen LogP contribution < -0.4 is 11.1 Å². The second kappa shape index (κ2) is 7.76. The number of hydrogen-bond acceptors (Lipinski definition) is 4. The highest BCUT2D eigenvalue weighted by atomic mass is 16.3. The summed E-state index contributed by atoms with van der Waals surface area (Å²) in [5, 5.41) is 4.24. The number of hydrogen-bond donors (Lipinski definition) is 3. The lowest BCUT2D eigenvalue weighted by molar-refractivity contribution is 0.0938.